The molecule has 6 heteroatoms. The van der Waals surface area contributed by atoms with Gasteiger partial charge in [0.1, 0.15) is 11.5 Å². The highest BCUT2D eigenvalue weighted by molar-refractivity contribution is 7.89. The summed E-state index contributed by atoms with van der Waals surface area (Å²) in [6.45, 7) is 0.252. The van der Waals surface area contributed by atoms with Crippen molar-refractivity contribution in [1.29, 1.82) is 0 Å². The van der Waals surface area contributed by atoms with Crippen LogP contribution in [-0.4, -0.2) is 38.7 Å². The van der Waals surface area contributed by atoms with Gasteiger partial charge < -0.3 is 4.74 Å². The van der Waals surface area contributed by atoms with E-state index in [0.29, 0.717) is 12.2 Å². The SMILES string of the molecule is COc1ccc(S(=O)(=O)N2CCC(=O)C2)cc1. The molecule has 92 valence electrons. The molecule has 0 saturated carbocycles. The van der Waals surface area contributed by atoms with Crippen molar-refractivity contribution in [2.45, 2.75) is 11.3 Å². The molecule has 0 amide bonds. The maximum atomic E-state index is 12.1. The Morgan fingerprint density at radius 2 is 1.88 bits per heavy atom. The standard InChI is InChI=1S/C11H13NO4S/c1-16-10-2-4-11(5-3-10)17(14,15)12-7-6-9(13)8-12/h2-5H,6-8H2,1H3. The van der Waals surface area contributed by atoms with Crippen molar-refractivity contribution >= 4 is 15.8 Å². The second-order valence-electron chi connectivity index (χ2n) is 3.80. The van der Waals surface area contributed by atoms with Crippen LogP contribution >= 0.6 is 0 Å². The lowest BCUT2D eigenvalue weighted by Crippen LogP contribution is -2.28. The van der Waals surface area contributed by atoms with Crippen LogP contribution in [0.5, 0.6) is 5.75 Å². The number of carbonyl (C=O) groups is 1. The Kier molecular flexibility index (Phi) is 3.17. The fourth-order valence-electron chi connectivity index (χ4n) is 1.71. The van der Waals surface area contributed by atoms with Crippen LogP contribution < -0.4 is 4.74 Å². The van der Waals surface area contributed by atoms with Crippen LogP contribution in [0.15, 0.2) is 29.2 Å². The molecule has 0 radical (unpaired) electrons. The zero-order chi connectivity index (χ0) is 12.5. The highest BCUT2D eigenvalue weighted by Gasteiger charge is 2.31. The molecule has 0 aliphatic carbocycles. The second-order valence-corrected chi connectivity index (χ2v) is 5.74. The summed E-state index contributed by atoms with van der Waals surface area (Å²) in [4.78, 5) is 11.3. The quantitative estimate of drug-likeness (QED) is 0.796. The molecule has 2 rings (SSSR count). The third kappa shape index (κ3) is 2.32. The molecule has 0 aromatic heterocycles. The van der Waals surface area contributed by atoms with E-state index in [4.69, 9.17) is 4.74 Å². The summed E-state index contributed by atoms with van der Waals surface area (Å²) in [5, 5.41) is 0. The Morgan fingerprint density at radius 1 is 1.24 bits per heavy atom. The number of sulfonamides is 1. The molecule has 0 spiro atoms. The minimum Gasteiger partial charge on any atom is -0.497 e. The number of rotatable bonds is 3. The van der Waals surface area contributed by atoms with Gasteiger partial charge in [0.15, 0.2) is 0 Å². The molecule has 0 unspecified atom stereocenters. The summed E-state index contributed by atoms with van der Waals surface area (Å²) in [5.74, 6) is 0.559. The molecule has 1 aromatic rings. The molecule has 0 atom stereocenters. The van der Waals surface area contributed by atoms with Crippen LogP contribution in [0.4, 0.5) is 0 Å². The summed E-state index contributed by atoms with van der Waals surface area (Å²) in [5.41, 5.74) is 0. The Balaban J connectivity index is 2.28. The van der Waals surface area contributed by atoms with Crippen LogP contribution in [0, 0.1) is 0 Å². The van der Waals surface area contributed by atoms with Gasteiger partial charge in [-0.2, -0.15) is 4.31 Å². The van der Waals surface area contributed by atoms with Crippen molar-refractivity contribution in [3.8, 4) is 5.75 Å². The van der Waals surface area contributed by atoms with Crippen molar-refractivity contribution in [2.75, 3.05) is 20.2 Å². The van der Waals surface area contributed by atoms with Crippen LogP contribution in [0.1, 0.15) is 6.42 Å². The van der Waals surface area contributed by atoms with E-state index >= 15 is 0 Å². The highest BCUT2D eigenvalue weighted by Crippen LogP contribution is 2.21. The molecule has 1 fully saturated rings. The van der Waals surface area contributed by atoms with Gasteiger partial charge >= 0.3 is 0 Å². The van der Waals surface area contributed by atoms with Gasteiger partial charge in [-0.05, 0) is 24.3 Å². The fraction of sp³-hybridized carbons (Fsp3) is 0.364. The lowest BCUT2D eigenvalue weighted by molar-refractivity contribution is -0.116. The van der Waals surface area contributed by atoms with Crippen LogP contribution in [0.2, 0.25) is 0 Å². The minimum absolute atomic E-state index is 0.0195. The van der Waals surface area contributed by atoms with E-state index in [0.717, 1.165) is 0 Å². The van der Waals surface area contributed by atoms with Crippen molar-refractivity contribution < 1.29 is 17.9 Å². The van der Waals surface area contributed by atoms with Gasteiger partial charge in [0.25, 0.3) is 0 Å². The van der Waals surface area contributed by atoms with Gasteiger partial charge in [-0.15, -0.1) is 0 Å². The zero-order valence-electron chi connectivity index (χ0n) is 9.42. The van der Waals surface area contributed by atoms with Crippen molar-refractivity contribution in [3.05, 3.63) is 24.3 Å². The number of hydrogen-bond donors (Lipinski definition) is 0. The van der Waals surface area contributed by atoms with Crippen LogP contribution in [0.25, 0.3) is 0 Å². The van der Waals surface area contributed by atoms with E-state index in [1.165, 1.54) is 23.5 Å². The first-order chi connectivity index (χ1) is 8.04. The summed E-state index contributed by atoms with van der Waals surface area (Å²) < 4.78 is 30.4. The van der Waals surface area contributed by atoms with E-state index in [1.54, 1.807) is 12.1 Å². The largest absolute Gasteiger partial charge is 0.497 e. The molecule has 1 aliphatic rings. The molecule has 1 aliphatic heterocycles. The van der Waals surface area contributed by atoms with Gasteiger partial charge in [0, 0.05) is 13.0 Å². The van der Waals surface area contributed by atoms with E-state index in [2.05, 4.69) is 0 Å². The first-order valence-corrected chi connectivity index (χ1v) is 6.64. The first-order valence-electron chi connectivity index (χ1n) is 5.20. The van der Waals surface area contributed by atoms with Gasteiger partial charge in [-0.1, -0.05) is 0 Å². The molecule has 1 aromatic carbocycles. The number of hydrogen-bond acceptors (Lipinski definition) is 4. The predicted octanol–water partition coefficient (Wildman–Crippen LogP) is 0.659. The Morgan fingerprint density at radius 3 is 2.35 bits per heavy atom. The average Bonchev–Trinajstić information content (AvgIpc) is 2.77. The van der Waals surface area contributed by atoms with Crippen molar-refractivity contribution in [2.24, 2.45) is 0 Å². The molecular weight excluding hydrogens is 242 g/mol. The molecular formula is C11H13NO4S. The molecule has 1 saturated heterocycles. The van der Waals surface area contributed by atoms with Gasteiger partial charge in [-0.3, -0.25) is 4.79 Å². The monoisotopic (exact) mass is 255 g/mol. The zero-order valence-corrected chi connectivity index (χ0v) is 10.2. The summed E-state index contributed by atoms with van der Waals surface area (Å²) in [7, 11) is -2.02. The molecule has 1 heterocycles. The van der Waals surface area contributed by atoms with E-state index in [9.17, 15) is 13.2 Å². The minimum atomic E-state index is -3.54. The number of nitrogens with zero attached hydrogens (tertiary/aromatic N) is 1. The van der Waals surface area contributed by atoms with E-state index in [-0.39, 0.29) is 23.8 Å². The number of ketones is 1. The maximum Gasteiger partial charge on any atom is 0.243 e. The lowest BCUT2D eigenvalue weighted by atomic mass is 10.3. The molecule has 5 nitrogen and oxygen atoms in total. The number of benzene rings is 1. The summed E-state index contributed by atoms with van der Waals surface area (Å²) in [6, 6.07) is 6.14. The van der Waals surface area contributed by atoms with E-state index < -0.39 is 10.0 Å². The van der Waals surface area contributed by atoms with Crippen molar-refractivity contribution in [1.82, 2.24) is 4.31 Å². The average molecular weight is 255 g/mol. The number of carbonyl (C=O) groups excluding carboxylic acids is 1. The van der Waals surface area contributed by atoms with Gasteiger partial charge in [0.2, 0.25) is 10.0 Å². The summed E-state index contributed by atoms with van der Waals surface area (Å²) >= 11 is 0. The Hall–Kier alpha value is -1.40. The Labute approximate surface area is 100 Å². The number of Topliss-reactive ketones (excluding diaryl/α,β-unsaturated/α-hetero) is 1. The number of ether oxygens (including phenoxy) is 1. The second kappa shape index (κ2) is 4.46. The third-order valence-corrected chi connectivity index (χ3v) is 4.55. The fourth-order valence-corrected chi connectivity index (χ4v) is 3.13. The Bertz CT molecular complexity index is 521. The number of methoxy groups -OCH3 is 1. The topological polar surface area (TPSA) is 63.7 Å². The highest BCUT2D eigenvalue weighted by atomic mass is 32.2. The first kappa shape index (κ1) is 12.1. The van der Waals surface area contributed by atoms with Gasteiger partial charge in [-0.25, -0.2) is 8.42 Å². The normalized spacial score (nSPS) is 17.4. The van der Waals surface area contributed by atoms with Crippen LogP contribution in [0.3, 0.4) is 0 Å². The van der Waals surface area contributed by atoms with Gasteiger partial charge in [0.05, 0.1) is 18.6 Å². The molecule has 17 heavy (non-hydrogen) atoms. The van der Waals surface area contributed by atoms with Crippen molar-refractivity contribution in [3.63, 3.8) is 0 Å². The third-order valence-electron chi connectivity index (χ3n) is 2.69. The maximum absolute atomic E-state index is 12.1. The van der Waals surface area contributed by atoms with Crippen LogP contribution in [-0.2, 0) is 14.8 Å². The summed E-state index contributed by atoms with van der Waals surface area (Å²) in [6.07, 6.45) is 0.301. The smallest absolute Gasteiger partial charge is 0.243 e. The lowest BCUT2D eigenvalue weighted by Gasteiger charge is -2.14. The molecule has 0 N–H and O–H groups in total. The van der Waals surface area contributed by atoms with E-state index in [1.807, 2.05) is 0 Å². The predicted molar refractivity (Wildman–Crippen MR) is 61.4 cm³/mol. The molecule has 0 bridgehead atoms.